The maximum absolute atomic E-state index is 11.4. The number of carbonyl (C=O) groups excluding carboxylic acids is 1. The van der Waals surface area contributed by atoms with Crippen molar-refractivity contribution in [2.45, 2.75) is 38.7 Å². The van der Waals surface area contributed by atoms with Crippen LogP contribution >= 0.6 is 11.6 Å². The molecule has 0 aliphatic rings. The summed E-state index contributed by atoms with van der Waals surface area (Å²) < 4.78 is 1.78. The minimum atomic E-state index is 0.0271. The van der Waals surface area contributed by atoms with E-state index in [0.717, 1.165) is 0 Å². The number of halogens is 1. The number of alkyl halides is 1. The molecule has 0 saturated carbocycles. The highest BCUT2D eigenvalue weighted by molar-refractivity contribution is 6.16. The smallest absolute Gasteiger partial charge is 0.221 e. The van der Waals surface area contributed by atoms with Gasteiger partial charge in [0.05, 0.1) is 5.88 Å². The second-order valence-corrected chi connectivity index (χ2v) is 3.81. The van der Waals surface area contributed by atoms with E-state index in [1.807, 2.05) is 13.8 Å². The van der Waals surface area contributed by atoms with Crippen molar-refractivity contribution in [3.8, 4) is 0 Å². The quantitative estimate of drug-likeness (QED) is 0.766. The summed E-state index contributed by atoms with van der Waals surface area (Å²) in [5.74, 6) is 1.03. The van der Waals surface area contributed by atoms with Crippen molar-refractivity contribution >= 4 is 17.5 Å². The predicted molar refractivity (Wildman–Crippen MR) is 57.5 cm³/mol. The molecule has 0 aliphatic carbocycles. The van der Waals surface area contributed by atoms with Gasteiger partial charge < -0.3 is 9.88 Å². The van der Waals surface area contributed by atoms with Gasteiger partial charge in [0.1, 0.15) is 12.2 Å². The van der Waals surface area contributed by atoms with Crippen LogP contribution in [0, 0.1) is 0 Å². The lowest BCUT2D eigenvalue weighted by Crippen LogP contribution is -2.30. The molecule has 84 valence electrons. The zero-order valence-corrected chi connectivity index (χ0v) is 9.66. The third-order valence-electron chi connectivity index (χ3n) is 1.84. The molecule has 0 spiro atoms. The van der Waals surface area contributed by atoms with Gasteiger partial charge in [0.25, 0.3) is 0 Å². The topological polar surface area (TPSA) is 59.8 Å². The van der Waals surface area contributed by atoms with Crippen molar-refractivity contribution in [1.29, 1.82) is 0 Å². The van der Waals surface area contributed by atoms with Crippen LogP contribution in [0.15, 0.2) is 6.33 Å². The Labute approximate surface area is 93.8 Å². The number of nitrogens with zero attached hydrogens (tertiary/aromatic N) is 3. The van der Waals surface area contributed by atoms with Gasteiger partial charge in [-0.2, -0.15) is 0 Å². The van der Waals surface area contributed by atoms with Crippen LogP contribution in [0.2, 0.25) is 0 Å². The van der Waals surface area contributed by atoms with Crippen molar-refractivity contribution in [3.63, 3.8) is 0 Å². The fourth-order valence-electron chi connectivity index (χ4n) is 1.19. The number of hydrogen-bond donors (Lipinski definition) is 1. The summed E-state index contributed by atoms with van der Waals surface area (Å²) in [6.07, 6.45) is 2.00. The first-order chi connectivity index (χ1) is 7.13. The molecule has 1 aromatic rings. The first-order valence-electron chi connectivity index (χ1n) is 4.85. The van der Waals surface area contributed by atoms with Crippen LogP contribution in [0.3, 0.4) is 0 Å². The minimum absolute atomic E-state index is 0.0271. The van der Waals surface area contributed by atoms with Gasteiger partial charge in [-0.05, 0) is 13.8 Å². The Bertz CT molecular complexity index is 324. The number of aromatic nitrogens is 3. The molecule has 1 amide bonds. The summed E-state index contributed by atoms with van der Waals surface area (Å²) in [5.41, 5.74) is 0. The van der Waals surface area contributed by atoms with E-state index in [-0.39, 0.29) is 11.9 Å². The highest BCUT2D eigenvalue weighted by Gasteiger charge is 2.06. The fourth-order valence-corrected chi connectivity index (χ4v) is 1.39. The summed E-state index contributed by atoms with van der Waals surface area (Å²) in [6.45, 7) is 4.43. The molecule has 15 heavy (non-hydrogen) atoms. The van der Waals surface area contributed by atoms with Gasteiger partial charge in [0.2, 0.25) is 5.91 Å². The molecule has 1 rings (SSSR count). The van der Waals surface area contributed by atoms with E-state index in [4.69, 9.17) is 11.6 Å². The molecular formula is C9H15ClN4O. The van der Waals surface area contributed by atoms with Crippen LogP contribution in [0.5, 0.6) is 0 Å². The maximum atomic E-state index is 11.4. The van der Waals surface area contributed by atoms with E-state index in [9.17, 15) is 4.79 Å². The Kier molecular flexibility index (Phi) is 4.55. The van der Waals surface area contributed by atoms with Crippen LogP contribution in [-0.2, 0) is 17.2 Å². The molecule has 0 aromatic carbocycles. The molecule has 1 aromatic heterocycles. The number of nitrogens with one attached hydrogen (secondary N) is 1. The van der Waals surface area contributed by atoms with E-state index in [1.165, 1.54) is 0 Å². The van der Waals surface area contributed by atoms with Crippen LogP contribution in [0.4, 0.5) is 0 Å². The largest absolute Gasteiger partial charge is 0.354 e. The zero-order chi connectivity index (χ0) is 11.3. The van der Waals surface area contributed by atoms with Crippen molar-refractivity contribution in [2.75, 3.05) is 0 Å². The van der Waals surface area contributed by atoms with Crippen molar-refractivity contribution in [2.24, 2.45) is 0 Å². The Hall–Kier alpha value is -1.10. The molecule has 0 bridgehead atoms. The minimum Gasteiger partial charge on any atom is -0.354 e. The van der Waals surface area contributed by atoms with E-state index in [0.29, 0.717) is 24.7 Å². The molecular weight excluding hydrogens is 216 g/mol. The molecule has 1 N–H and O–H groups in total. The van der Waals surface area contributed by atoms with Gasteiger partial charge in [-0.15, -0.1) is 21.8 Å². The van der Waals surface area contributed by atoms with Crippen molar-refractivity contribution < 1.29 is 4.79 Å². The first kappa shape index (κ1) is 12.0. The SMILES string of the molecule is CC(C)NC(=O)CCn1cnnc1CCl. The Morgan fingerprint density at radius 3 is 3.00 bits per heavy atom. The van der Waals surface area contributed by atoms with Gasteiger partial charge in [-0.3, -0.25) is 4.79 Å². The molecule has 5 nitrogen and oxygen atoms in total. The molecule has 0 radical (unpaired) electrons. The predicted octanol–water partition coefficient (Wildman–Crippen LogP) is 0.932. The maximum Gasteiger partial charge on any atom is 0.221 e. The van der Waals surface area contributed by atoms with Gasteiger partial charge in [0, 0.05) is 19.0 Å². The number of aryl methyl sites for hydroxylation is 1. The summed E-state index contributed by atoms with van der Waals surface area (Å²) in [5, 5.41) is 10.4. The molecule has 0 unspecified atom stereocenters. The summed E-state index contributed by atoms with van der Waals surface area (Å²) in [6, 6.07) is 0.172. The average molecular weight is 231 g/mol. The molecule has 0 aliphatic heterocycles. The van der Waals surface area contributed by atoms with Gasteiger partial charge in [0.15, 0.2) is 0 Å². The number of carbonyl (C=O) groups is 1. The van der Waals surface area contributed by atoms with Crippen LogP contribution in [-0.4, -0.2) is 26.7 Å². The van der Waals surface area contributed by atoms with Crippen LogP contribution in [0.1, 0.15) is 26.1 Å². The Balaban J connectivity index is 2.40. The van der Waals surface area contributed by atoms with Crippen molar-refractivity contribution in [1.82, 2.24) is 20.1 Å². The van der Waals surface area contributed by atoms with Crippen LogP contribution < -0.4 is 5.32 Å². The van der Waals surface area contributed by atoms with Gasteiger partial charge in [-0.25, -0.2) is 0 Å². The Morgan fingerprint density at radius 1 is 1.67 bits per heavy atom. The lowest BCUT2D eigenvalue weighted by Gasteiger charge is -2.08. The molecule has 0 fully saturated rings. The zero-order valence-electron chi connectivity index (χ0n) is 8.90. The van der Waals surface area contributed by atoms with Crippen LogP contribution in [0.25, 0.3) is 0 Å². The van der Waals surface area contributed by atoms with E-state index in [2.05, 4.69) is 15.5 Å². The van der Waals surface area contributed by atoms with Gasteiger partial charge in [-0.1, -0.05) is 0 Å². The lowest BCUT2D eigenvalue weighted by molar-refractivity contribution is -0.121. The third kappa shape index (κ3) is 3.87. The summed E-state index contributed by atoms with van der Waals surface area (Å²) in [4.78, 5) is 11.4. The van der Waals surface area contributed by atoms with E-state index < -0.39 is 0 Å². The second-order valence-electron chi connectivity index (χ2n) is 3.55. The molecule has 0 atom stereocenters. The highest BCUT2D eigenvalue weighted by atomic mass is 35.5. The highest BCUT2D eigenvalue weighted by Crippen LogP contribution is 2.00. The third-order valence-corrected chi connectivity index (χ3v) is 2.08. The first-order valence-corrected chi connectivity index (χ1v) is 5.39. The standard InChI is InChI=1S/C9H15ClN4O/c1-7(2)12-9(15)3-4-14-6-11-13-8(14)5-10/h6-7H,3-5H2,1-2H3,(H,12,15). The van der Waals surface area contributed by atoms with E-state index >= 15 is 0 Å². The lowest BCUT2D eigenvalue weighted by atomic mass is 10.3. The summed E-state index contributed by atoms with van der Waals surface area (Å²) >= 11 is 5.65. The molecule has 0 saturated heterocycles. The molecule has 1 heterocycles. The molecule has 6 heteroatoms. The van der Waals surface area contributed by atoms with Crippen molar-refractivity contribution in [3.05, 3.63) is 12.2 Å². The normalized spacial score (nSPS) is 10.7. The number of rotatable bonds is 5. The van der Waals surface area contributed by atoms with Gasteiger partial charge >= 0.3 is 0 Å². The summed E-state index contributed by atoms with van der Waals surface area (Å²) in [7, 11) is 0. The fraction of sp³-hybridized carbons (Fsp3) is 0.667. The second kappa shape index (κ2) is 5.70. The Morgan fingerprint density at radius 2 is 2.40 bits per heavy atom. The number of amides is 1. The average Bonchev–Trinajstić information content (AvgIpc) is 2.60. The van der Waals surface area contributed by atoms with E-state index in [1.54, 1.807) is 10.9 Å². The monoisotopic (exact) mass is 230 g/mol. The number of hydrogen-bond acceptors (Lipinski definition) is 3.